The third-order valence-corrected chi connectivity index (χ3v) is 2.52. The van der Waals surface area contributed by atoms with Crippen LogP contribution < -0.4 is 0 Å². The first-order valence-corrected chi connectivity index (χ1v) is 6.93. The highest BCUT2D eigenvalue weighted by atomic mass is 16.6. The van der Waals surface area contributed by atoms with Gasteiger partial charge in [0, 0.05) is 13.1 Å². The minimum absolute atomic E-state index is 0.205. The van der Waals surface area contributed by atoms with E-state index in [2.05, 4.69) is 13.8 Å². The summed E-state index contributed by atoms with van der Waals surface area (Å²) in [5.41, 5.74) is 0.377. The van der Waals surface area contributed by atoms with Crippen LogP contribution in [0, 0.1) is 5.92 Å². The lowest BCUT2D eigenvalue weighted by Gasteiger charge is -2.28. The van der Waals surface area contributed by atoms with Crippen LogP contribution in [-0.4, -0.2) is 28.2 Å². The summed E-state index contributed by atoms with van der Waals surface area (Å²) in [4.78, 5) is 13.9. The van der Waals surface area contributed by atoms with Crippen molar-refractivity contribution in [1.82, 2.24) is 4.90 Å². The zero-order chi connectivity index (χ0) is 15.3. The number of hydrogen-bond donors (Lipinski definition) is 1. The predicted octanol–water partition coefficient (Wildman–Crippen LogP) is 3.79. The van der Waals surface area contributed by atoms with E-state index in [9.17, 15) is 9.90 Å². The van der Waals surface area contributed by atoms with Crippen LogP contribution >= 0.6 is 0 Å². The van der Waals surface area contributed by atoms with Crippen molar-refractivity contribution in [3.05, 3.63) is 29.8 Å². The van der Waals surface area contributed by atoms with Crippen LogP contribution in [-0.2, 0) is 11.3 Å². The van der Waals surface area contributed by atoms with Crippen molar-refractivity contribution in [3.8, 4) is 5.75 Å². The molecule has 1 N–H and O–H groups in total. The van der Waals surface area contributed by atoms with Gasteiger partial charge < -0.3 is 14.7 Å². The maximum absolute atomic E-state index is 12.2. The van der Waals surface area contributed by atoms with Crippen LogP contribution in [0.3, 0.4) is 0 Å². The Morgan fingerprint density at radius 3 is 2.50 bits per heavy atom. The van der Waals surface area contributed by atoms with Crippen molar-refractivity contribution in [2.24, 2.45) is 5.92 Å². The first-order chi connectivity index (χ1) is 9.17. The molecule has 0 saturated heterocycles. The number of benzene rings is 1. The molecular weight excluding hydrogens is 254 g/mol. The number of carbonyl (C=O) groups excluding carboxylic acids is 1. The van der Waals surface area contributed by atoms with Gasteiger partial charge in [0.25, 0.3) is 0 Å². The van der Waals surface area contributed by atoms with Crippen LogP contribution in [0.5, 0.6) is 5.75 Å². The molecule has 0 heterocycles. The van der Waals surface area contributed by atoms with Crippen molar-refractivity contribution in [2.45, 2.75) is 46.8 Å². The molecular formula is C16H25NO3. The van der Waals surface area contributed by atoms with E-state index < -0.39 is 5.60 Å². The van der Waals surface area contributed by atoms with Crippen LogP contribution in [0.2, 0.25) is 0 Å². The van der Waals surface area contributed by atoms with Gasteiger partial charge in [-0.1, -0.05) is 26.0 Å². The Morgan fingerprint density at radius 2 is 2.00 bits per heavy atom. The molecule has 0 unspecified atom stereocenters. The third kappa shape index (κ3) is 5.95. The molecule has 0 bridgehead atoms. The van der Waals surface area contributed by atoms with Gasteiger partial charge >= 0.3 is 6.09 Å². The van der Waals surface area contributed by atoms with E-state index in [0.29, 0.717) is 19.0 Å². The number of carbonyl (C=O) groups is 1. The lowest BCUT2D eigenvalue weighted by molar-refractivity contribution is 0.0211. The highest BCUT2D eigenvalue weighted by molar-refractivity contribution is 5.68. The van der Waals surface area contributed by atoms with Crippen LogP contribution in [0.1, 0.15) is 40.2 Å². The summed E-state index contributed by atoms with van der Waals surface area (Å²) in [5.74, 6) is 0.552. The number of phenols is 1. The summed E-state index contributed by atoms with van der Waals surface area (Å²) in [6.45, 7) is 10.7. The number of ether oxygens (including phenoxy) is 1. The minimum atomic E-state index is -0.509. The van der Waals surface area contributed by atoms with Gasteiger partial charge in [0.05, 0.1) is 0 Å². The van der Waals surface area contributed by atoms with Crippen molar-refractivity contribution in [3.63, 3.8) is 0 Å². The van der Waals surface area contributed by atoms with E-state index >= 15 is 0 Å². The van der Waals surface area contributed by atoms with E-state index in [-0.39, 0.29) is 11.8 Å². The minimum Gasteiger partial charge on any atom is -0.508 e. The highest BCUT2D eigenvalue weighted by Gasteiger charge is 2.22. The third-order valence-electron chi connectivity index (χ3n) is 2.52. The van der Waals surface area contributed by atoms with Gasteiger partial charge in [-0.25, -0.2) is 4.79 Å². The SMILES string of the molecule is CC(C)CN(Cc1cccc(O)c1)C(=O)OC(C)(C)C. The molecule has 0 atom stereocenters. The summed E-state index contributed by atoms with van der Waals surface area (Å²) in [5, 5.41) is 9.50. The molecule has 0 aromatic heterocycles. The van der Waals surface area contributed by atoms with Crippen molar-refractivity contribution in [1.29, 1.82) is 0 Å². The molecule has 0 spiro atoms. The second-order valence-electron chi connectivity index (χ2n) is 6.42. The van der Waals surface area contributed by atoms with Crippen molar-refractivity contribution in [2.75, 3.05) is 6.54 Å². The Balaban J connectivity index is 2.81. The topological polar surface area (TPSA) is 49.8 Å². The van der Waals surface area contributed by atoms with E-state index in [4.69, 9.17) is 4.74 Å². The average molecular weight is 279 g/mol. The Kier molecular flexibility index (Phi) is 5.43. The predicted molar refractivity (Wildman–Crippen MR) is 79.6 cm³/mol. The molecule has 0 aliphatic carbocycles. The number of hydrogen-bond acceptors (Lipinski definition) is 3. The zero-order valence-electron chi connectivity index (χ0n) is 13.0. The van der Waals surface area contributed by atoms with E-state index in [0.717, 1.165) is 5.56 Å². The van der Waals surface area contributed by atoms with Gasteiger partial charge in [-0.2, -0.15) is 0 Å². The molecule has 1 amide bonds. The van der Waals surface area contributed by atoms with Gasteiger partial charge in [-0.3, -0.25) is 0 Å². The highest BCUT2D eigenvalue weighted by Crippen LogP contribution is 2.17. The lowest BCUT2D eigenvalue weighted by atomic mass is 10.1. The van der Waals surface area contributed by atoms with Gasteiger partial charge in [0.1, 0.15) is 11.4 Å². The monoisotopic (exact) mass is 279 g/mol. The molecule has 0 fully saturated rings. The molecule has 1 rings (SSSR count). The smallest absolute Gasteiger partial charge is 0.410 e. The fraction of sp³-hybridized carbons (Fsp3) is 0.562. The van der Waals surface area contributed by atoms with Gasteiger partial charge in [0.15, 0.2) is 0 Å². The normalized spacial score (nSPS) is 11.5. The first kappa shape index (κ1) is 16.3. The zero-order valence-corrected chi connectivity index (χ0v) is 13.0. The summed E-state index contributed by atoms with van der Waals surface area (Å²) < 4.78 is 5.43. The molecule has 112 valence electrons. The summed E-state index contributed by atoms with van der Waals surface area (Å²) in [6.07, 6.45) is -0.324. The molecule has 20 heavy (non-hydrogen) atoms. The second kappa shape index (κ2) is 6.64. The van der Waals surface area contributed by atoms with Crippen LogP contribution in [0.15, 0.2) is 24.3 Å². The number of phenolic OH excluding ortho intramolecular Hbond substituents is 1. The van der Waals surface area contributed by atoms with E-state index in [1.54, 1.807) is 23.1 Å². The molecule has 0 saturated carbocycles. The van der Waals surface area contributed by atoms with Crippen LogP contribution in [0.25, 0.3) is 0 Å². The molecule has 1 aromatic rings. The fourth-order valence-corrected chi connectivity index (χ4v) is 1.85. The van der Waals surface area contributed by atoms with Gasteiger partial charge in [0.2, 0.25) is 0 Å². The van der Waals surface area contributed by atoms with Gasteiger partial charge in [-0.05, 0) is 44.4 Å². The molecule has 1 aromatic carbocycles. The summed E-state index contributed by atoms with van der Waals surface area (Å²) in [6, 6.07) is 6.94. The maximum Gasteiger partial charge on any atom is 0.410 e. The van der Waals surface area contributed by atoms with Crippen molar-refractivity contribution >= 4 is 6.09 Å². The number of amides is 1. The summed E-state index contributed by atoms with van der Waals surface area (Å²) >= 11 is 0. The number of aromatic hydroxyl groups is 1. The fourth-order valence-electron chi connectivity index (χ4n) is 1.85. The average Bonchev–Trinajstić information content (AvgIpc) is 2.25. The molecule has 0 aliphatic rings. The number of nitrogens with zero attached hydrogens (tertiary/aromatic N) is 1. The molecule has 4 nitrogen and oxygen atoms in total. The molecule has 4 heteroatoms. The lowest BCUT2D eigenvalue weighted by Crippen LogP contribution is -2.38. The molecule has 0 radical (unpaired) electrons. The van der Waals surface area contributed by atoms with E-state index in [1.807, 2.05) is 26.8 Å². The Bertz CT molecular complexity index is 449. The largest absolute Gasteiger partial charge is 0.508 e. The quantitative estimate of drug-likeness (QED) is 0.912. The van der Waals surface area contributed by atoms with E-state index in [1.165, 1.54) is 0 Å². The van der Waals surface area contributed by atoms with Crippen molar-refractivity contribution < 1.29 is 14.6 Å². The number of rotatable bonds is 4. The molecule has 0 aliphatic heterocycles. The second-order valence-corrected chi connectivity index (χ2v) is 6.42. The Hall–Kier alpha value is -1.71. The van der Waals surface area contributed by atoms with Gasteiger partial charge in [-0.15, -0.1) is 0 Å². The first-order valence-electron chi connectivity index (χ1n) is 6.93. The maximum atomic E-state index is 12.2. The Morgan fingerprint density at radius 1 is 1.35 bits per heavy atom. The van der Waals surface area contributed by atoms with Crippen LogP contribution in [0.4, 0.5) is 4.79 Å². The Labute approximate surface area is 121 Å². The standard InChI is InChI=1S/C16H25NO3/c1-12(2)10-17(15(19)20-16(3,4)5)11-13-7-6-8-14(18)9-13/h6-9,12,18H,10-11H2,1-5H3. The summed E-state index contributed by atoms with van der Waals surface area (Å²) in [7, 11) is 0.